The van der Waals surface area contributed by atoms with E-state index in [4.69, 9.17) is 18.0 Å². The van der Waals surface area contributed by atoms with Gasteiger partial charge in [0.1, 0.15) is 0 Å². The number of anilines is 1. The van der Waals surface area contributed by atoms with E-state index in [1.807, 2.05) is 42.5 Å². The summed E-state index contributed by atoms with van der Waals surface area (Å²) in [6.45, 7) is 0. The fourth-order valence-electron chi connectivity index (χ4n) is 1.94. The number of H-pyrrole nitrogens is 1. The Bertz CT molecular complexity index is 744. The van der Waals surface area contributed by atoms with Crippen LogP contribution in [-0.2, 0) is 0 Å². The Balaban J connectivity index is 2.61. The molecule has 0 aliphatic heterocycles. The zero-order chi connectivity index (χ0) is 11.1. The Morgan fingerprint density at radius 1 is 0.938 bits per heavy atom. The number of rotatable bonds is 0. The molecule has 0 amide bonds. The van der Waals surface area contributed by atoms with Crippen LogP contribution in [0.4, 0.5) is 5.69 Å². The normalized spacial score (nSPS) is 11.0. The summed E-state index contributed by atoms with van der Waals surface area (Å²) in [5.41, 5.74) is 8.54. The summed E-state index contributed by atoms with van der Waals surface area (Å²) in [6, 6.07) is 13.8. The molecule has 0 bridgehead atoms. The second-order valence-corrected chi connectivity index (χ2v) is 4.21. The van der Waals surface area contributed by atoms with Gasteiger partial charge >= 0.3 is 0 Å². The number of fused-ring (bicyclic) bond motifs is 2. The maximum absolute atomic E-state index is 5.76. The molecule has 0 saturated heterocycles. The van der Waals surface area contributed by atoms with Crippen LogP contribution in [0.2, 0.25) is 0 Å². The van der Waals surface area contributed by atoms with Crippen LogP contribution < -0.4 is 5.73 Å². The van der Waals surface area contributed by atoms with Crippen molar-refractivity contribution in [3.63, 3.8) is 0 Å². The van der Waals surface area contributed by atoms with E-state index in [2.05, 4.69) is 4.98 Å². The molecule has 0 unspecified atom stereocenters. The maximum atomic E-state index is 5.76. The van der Waals surface area contributed by atoms with Crippen molar-refractivity contribution in [2.45, 2.75) is 0 Å². The Hall–Kier alpha value is -1.87. The van der Waals surface area contributed by atoms with Gasteiger partial charge in [-0.05, 0) is 24.3 Å². The fraction of sp³-hybridized carbons (Fsp3) is 0. The minimum Gasteiger partial charge on any atom is -0.399 e. The Morgan fingerprint density at radius 2 is 1.69 bits per heavy atom. The first kappa shape index (κ1) is 9.36. The van der Waals surface area contributed by atoms with Crippen LogP contribution in [-0.4, -0.2) is 4.98 Å². The van der Waals surface area contributed by atoms with Gasteiger partial charge in [-0.15, -0.1) is 0 Å². The first-order valence-corrected chi connectivity index (χ1v) is 5.47. The summed E-state index contributed by atoms with van der Waals surface area (Å²) in [4.78, 5) is 3.34. The second kappa shape index (κ2) is 3.32. The number of nitrogens with two attached hydrogens (primary N) is 1. The number of nitrogens with one attached hydrogen (secondary N) is 1. The molecule has 3 aromatic rings. The molecule has 3 rings (SSSR count). The van der Waals surface area contributed by atoms with Crippen molar-refractivity contribution in [1.82, 2.24) is 4.98 Å². The summed E-state index contributed by atoms with van der Waals surface area (Å²) in [5, 5.41) is 2.12. The van der Waals surface area contributed by atoms with E-state index in [0.717, 1.165) is 32.0 Å². The predicted octanol–water partition coefficient (Wildman–Crippen LogP) is 3.63. The van der Waals surface area contributed by atoms with Crippen molar-refractivity contribution in [2.24, 2.45) is 0 Å². The third-order valence-corrected chi connectivity index (χ3v) is 3.17. The van der Waals surface area contributed by atoms with Crippen molar-refractivity contribution >= 4 is 39.7 Å². The van der Waals surface area contributed by atoms with Crippen LogP contribution in [0.5, 0.6) is 0 Å². The van der Waals surface area contributed by atoms with Gasteiger partial charge in [0.2, 0.25) is 0 Å². The maximum Gasteiger partial charge on any atom is 0.0563 e. The third-order valence-electron chi connectivity index (χ3n) is 2.73. The molecule has 0 aliphatic rings. The Labute approximate surface area is 97.7 Å². The van der Waals surface area contributed by atoms with Crippen molar-refractivity contribution in [1.29, 1.82) is 0 Å². The van der Waals surface area contributed by atoms with Gasteiger partial charge in [-0.1, -0.05) is 30.4 Å². The number of pyridine rings is 1. The van der Waals surface area contributed by atoms with Crippen molar-refractivity contribution in [3.8, 4) is 0 Å². The van der Waals surface area contributed by atoms with Crippen LogP contribution in [0.1, 0.15) is 0 Å². The molecule has 0 spiro atoms. The van der Waals surface area contributed by atoms with Crippen molar-refractivity contribution < 1.29 is 0 Å². The molecule has 0 atom stereocenters. The first-order chi connectivity index (χ1) is 7.75. The molecule has 0 saturated carbocycles. The number of hydrogen-bond acceptors (Lipinski definition) is 2. The minimum absolute atomic E-state index is 0.744. The average molecular weight is 226 g/mol. The molecule has 3 heteroatoms. The lowest BCUT2D eigenvalue weighted by Gasteiger charge is -2.04. The quantitative estimate of drug-likeness (QED) is 0.349. The van der Waals surface area contributed by atoms with E-state index in [1.54, 1.807) is 0 Å². The highest BCUT2D eigenvalue weighted by atomic mass is 32.1. The van der Waals surface area contributed by atoms with Gasteiger partial charge in [0.15, 0.2) is 0 Å². The van der Waals surface area contributed by atoms with Crippen LogP contribution in [0, 0.1) is 4.51 Å². The molecule has 1 heterocycles. The molecule has 3 N–H and O–H groups in total. The van der Waals surface area contributed by atoms with Crippen LogP contribution in [0.25, 0.3) is 21.8 Å². The summed E-state index contributed by atoms with van der Waals surface area (Å²) >= 11 is 5.48. The van der Waals surface area contributed by atoms with Crippen LogP contribution in [0.15, 0.2) is 42.5 Å². The predicted molar refractivity (Wildman–Crippen MR) is 71.1 cm³/mol. The Morgan fingerprint density at radius 3 is 2.56 bits per heavy atom. The smallest absolute Gasteiger partial charge is 0.0563 e. The van der Waals surface area contributed by atoms with E-state index >= 15 is 0 Å². The highest BCUT2D eigenvalue weighted by Gasteiger charge is 2.01. The molecule has 78 valence electrons. The number of para-hydroxylation sites is 1. The van der Waals surface area contributed by atoms with E-state index in [0.29, 0.717) is 0 Å². The lowest BCUT2D eigenvalue weighted by molar-refractivity contribution is 1.49. The molecule has 1 aromatic heterocycles. The lowest BCUT2D eigenvalue weighted by atomic mass is 10.1. The van der Waals surface area contributed by atoms with E-state index in [1.165, 1.54) is 0 Å². The SMILES string of the molecule is Nc1ccc2c(=S)c3ccccc3[nH]c2c1. The lowest BCUT2D eigenvalue weighted by Crippen LogP contribution is -1.88. The highest BCUT2D eigenvalue weighted by molar-refractivity contribution is 7.72. The number of aromatic nitrogens is 1. The Kier molecular flexibility index (Phi) is 1.94. The second-order valence-electron chi connectivity index (χ2n) is 3.80. The van der Waals surface area contributed by atoms with E-state index < -0.39 is 0 Å². The average Bonchev–Trinajstić information content (AvgIpc) is 2.29. The van der Waals surface area contributed by atoms with Crippen LogP contribution >= 0.6 is 12.2 Å². The van der Waals surface area contributed by atoms with Gasteiger partial charge in [-0.2, -0.15) is 0 Å². The van der Waals surface area contributed by atoms with Crippen molar-refractivity contribution in [2.75, 3.05) is 5.73 Å². The first-order valence-electron chi connectivity index (χ1n) is 5.06. The molecule has 0 aliphatic carbocycles. The van der Waals surface area contributed by atoms with Gasteiger partial charge in [-0.25, -0.2) is 0 Å². The standard InChI is InChI=1S/C13H10N2S/c14-8-5-6-10-12(7-8)15-11-4-2-1-3-9(11)13(10)16/h1-7H,14H2,(H,15,16). The monoisotopic (exact) mass is 226 g/mol. The molecule has 0 radical (unpaired) electrons. The fourth-order valence-corrected chi connectivity index (χ4v) is 2.30. The molecule has 2 nitrogen and oxygen atoms in total. The van der Waals surface area contributed by atoms with Crippen molar-refractivity contribution in [3.05, 3.63) is 47.0 Å². The molecule has 2 aromatic carbocycles. The zero-order valence-corrected chi connectivity index (χ0v) is 9.34. The van der Waals surface area contributed by atoms with Gasteiger partial charge in [0.25, 0.3) is 0 Å². The zero-order valence-electron chi connectivity index (χ0n) is 8.53. The summed E-state index contributed by atoms with van der Waals surface area (Å²) in [6.07, 6.45) is 0. The highest BCUT2D eigenvalue weighted by Crippen LogP contribution is 2.23. The van der Waals surface area contributed by atoms with E-state index in [9.17, 15) is 0 Å². The largest absolute Gasteiger partial charge is 0.399 e. The summed E-state index contributed by atoms with van der Waals surface area (Å²) in [5.74, 6) is 0. The number of benzene rings is 2. The number of hydrogen-bond donors (Lipinski definition) is 2. The molecular weight excluding hydrogens is 216 g/mol. The van der Waals surface area contributed by atoms with E-state index in [-0.39, 0.29) is 0 Å². The topological polar surface area (TPSA) is 41.8 Å². The van der Waals surface area contributed by atoms with Gasteiger partial charge < -0.3 is 10.7 Å². The third kappa shape index (κ3) is 1.29. The van der Waals surface area contributed by atoms with Gasteiger partial charge in [0, 0.05) is 27.5 Å². The molecule has 0 fully saturated rings. The molecular formula is C13H10N2S. The molecule has 16 heavy (non-hydrogen) atoms. The number of aromatic amines is 1. The van der Waals surface area contributed by atoms with Gasteiger partial charge in [-0.3, -0.25) is 0 Å². The number of nitrogen functional groups attached to an aromatic ring is 1. The van der Waals surface area contributed by atoms with Crippen LogP contribution in [0.3, 0.4) is 0 Å². The van der Waals surface area contributed by atoms with Gasteiger partial charge in [0.05, 0.1) is 4.51 Å². The summed E-state index contributed by atoms with van der Waals surface area (Å²) < 4.78 is 0.879. The minimum atomic E-state index is 0.744. The summed E-state index contributed by atoms with van der Waals surface area (Å²) in [7, 11) is 0.